The summed E-state index contributed by atoms with van der Waals surface area (Å²) in [4.78, 5) is 19.8. The van der Waals surface area contributed by atoms with Gasteiger partial charge in [-0.2, -0.15) is 0 Å². The molecule has 2 fully saturated rings. The zero-order valence-corrected chi connectivity index (χ0v) is 16.1. The van der Waals surface area contributed by atoms with Crippen molar-refractivity contribution in [3.63, 3.8) is 0 Å². The molecule has 0 spiro atoms. The fourth-order valence-electron chi connectivity index (χ4n) is 3.04. The summed E-state index contributed by atoms with van der Waals surface area (Å²) in [6.07, 6.45) is 3.90. The molecule has 0 saturated carbocycles. The average molecular weight is 374 g/mol. The van der Waals surface area contributed by atoms with Gasteiger partial charge in [0.25, 0.3) is 0 Å². The number of rotatable bonds is 4. The van der Waals surface area contributed by atoms with Crippen LogP contribution in [0, 0.1) is 0 Å². The number of hydrogen-bond donors (Lipinski definition) is 1. The van der Waals surface area contributed by atoms with E-state index in [0.717, 1.165) is 45.1 Å². The molecule has 0 radical (unpaired) electrons. The van der Waals surface area contributed by atoms with Gasteiger partial charge in [-0.25, -0.2) is 9.29 Å². The SMILES string of the molecule is CN1CCN(Sc2cccc3c(N4CCC4)nccc23)CC1.NCC=O. The van der Waals surface area contributed by atoms with Crippen molar-refractivity contribution in [3.8, 4) is 0 Å². The van der Waals surface area contributed by atoms with Crippen molar-refractivity contribution in [1.82, 2.24) is 14.2 Å². The Kier molecular flexibility index (Phi) is 6.85. The Balaban J connectivity index is 0.000000447. The van der Waals surface area contributed by atoms with Crippen LogP contribution in [0.3, 0.4) is 0 Å². The number of carbonyl (C=O) groups is 1. The van der Waals surface area contributed by atoms with Gasteiger partial charge in [0.05, 0.1) is 0 Å². The minimum Gasteiger partial charge on any atom is -0.356 e. The van der Waals surface area contributed by atoms with E-state index in [4.69, 9.17) is 4.79 Å². The lowest BCUT2D eigenvalue weighted by atomic mass is 10.1. The van der Waals surface area contributed by atoms with E-state index < -0.39 is 0 Å². The largest absolute Gasteiger partial charge is 0.356 e. The van der Waals surface area contributed by atoms with Crippen molar-refractivity contribution in [2.24, 2.45) is 5.73 Å². The van der Waals surface area contributed by atoms with Gasteiger partial charge >= 0.3 is 0 Å². The molecule has 6 nitrogen and oxygen atoms in total. The molecule has 0 amide bonds. The summed E-state index contributed by atoms with van der Waals surface area (Å²) < 4.78 is 2.48. The molecule has 0 bridgehead atoms. The summed E-state index contributed by atoms with van der Waals surface area (Å²) in [5, 5.41) is 2.63. The topological polar surface area (TPSA) is 65.7 Å². The highest BCUT2D eigenvalue weighted by atomic mass is 32.2. The van der Waals surface area contributed by atoms with Crippen LogP contribution >= 0.6 is 11.9 Å². The smallest absolute Gasteiger partial charge is 0.136 e. The number of carbonyl (C=O) groups excluding carboxylic acids is 1. The molecule has 3 heterocycles. The van der Waals surface area contributed by atoms with E-state index in [2.05, 4.69) is 56.1 Å². The van der Waals surface area contributed by atoms with E-state index in [-0.39, 0.29) is 6.54 Å². The van der Waals surface area contributed by atoms with E-state index in [1.54, 1.807) is 0 Å². The Morgan fingerprint density at radius 3 is 2.46 bits per heavy atom. The second kappa shape index (κ2) is 9.32. The minimum atomic E-state index is 0.139. The summed E-state index contributed by atoms with van der Waals surface area (Å²) in [7, 11) is 2.20. The summed E-state index contributed by atoms with van der Waals surface area (Å²) in [6.45, 7) is 6.98. The molecular weight excluding hydrogens is 346 g/mol. The van der Waals surface area contributed by atoms with Crippen molar-refractivity contribution in [1.29, 1.82) is 0 Å². The highest BCUT2D eigenvalue weighted by molar-refractivity contribution is 7.97. The zero-order chi connectivity index (χ0) is 18.4. The Morgan fingerprint density at radius 1 is 1.12 bits per heavy atom. The molecule has 0 unspecified atom stereocenters. The highest BCUT2D eigenvalue weighted by Gasteiger charge is 2.20. The third-order valence-electron chi connectivity index (χ3n) is 4.69. The number of aromatic nitrogens is 1. The van der Waals surface area contributed by atoms with Gasteiger partial charge in [0, 0.05) is 67.7 Å². The average Bonchev–Trinajstić information content (AvgIpc) is 2.63. The molecule has 26 heavy (non-hydrogen) atoms. The second-order valence-electron chi connectivity index (χ2n) is 6.55. The first-order valence-corrected chi connectivity index (χ1v) is 9.88. The maximum atomic E-state index is 9.05. The van der Waals surface area contributed by atoms with Crippen LogP contribution in [-0.4, -0.2) is 73.3 Å². The highest BCUT2D eigenvalue weighted by Crippen LogP contribution is 2.35. The van der Waals surface area contributed by atoms with Crippen molar-refractivity contribution in [3.05, 3.63) is 30.5 Å². The molecule has 1 aromatic heterocycles. The van der Waals surface area contributed by atoms with E-state index in [9.17, 15) is 0 Å². The number of nitrogens with two attached hydrogens (primary N) is 1. The van der Waals surface area contributed by atoms with E-state index >= 15 is 0 Å². The molecule has 2 aliphatic rings. The maximum absolute atomic E-state index is 9.05. The second-order valence-corrected chi connectivity index (χ2v) is 7.69. The predicted octanol–water partition coefficient (Wildman–Crippen LogP) is 1.84. The van der Waals surface area contributed by atoms with Gasteiger partial charge in [0.2, 0.25) is 0 Å². The number of fused-ring (bicyclic) bond motifs is 1. The third-order valence-corrected chi connectivity index (χ3v) is 5.86. The minimum absolute atomic E-state index is 0.139. The van der Waals surface area contributed by atoms with Gasteiger partial charge in [-0.1, -0.05) is 12.1 Å². The third kappa shape index (κ3) is 4.54. The van der Waals surface area contributed by atoms with E-state index in [1.807, 2.05) is 18.1 Å². The molecule has 2 N–H and O–H groups in total. The fourth-order valence-corrected chi connectivity index (χ4v) is 4.08. The van der Waals surface area contributed by atoms with Crippen LogP contribution in [0.4, 0.5) is 5.82 Å². The molecule has 2 aliphatic heterocycles. The number of anilines is 1. The molecule has 0 atom stereocenters. The van der Waals surface area contributed by atoms with Crippen LogP contribution < -0.4 is 10.6 Å². The number of piperazine rings is 1. The van der Waals surface area contributed by atoms with Crippen LogP contribution in [0.2, 0.25) is 0 Å². The van der Waals surface area contributed by atoms with Crippen LogP contribution in [-0.2, 0) is 4.79 Å². The predicted molar refractivity (Wildman–Crippen MR) is 109 cm³/mol. The van der Waals surface area contributed by atoms with Crippen LogP contribution in [0.1, 0.15) is 6.42 Å². The first-order valence-electron chi connectivity index (χ1n) is 9.10. The number of nitrogens with zero attached hydrogens (tertiary/aromatic N) is 4. The quantitative estimate of drug-likeness (QED) is 0.648. The molecule has 4 rings (SSSR count). The number of benzene rings is 1. The normalized spacial score (nSPS) is 18.2. The Hall–Kier alpha value is -1.67. The van der Waals surface area contributed by atoms with Gasteiger partial charge in [0.15, 0.2) is 0 Å². The molecule has 7 heteroatoms. The number of hydrogen-bond acceptors (Lipinski definition) is 7. The summed E-state index contributed by atoms with van der Waals surface area (Å²) >= 11 is 1.90. The van der Waals surface area contributed by atoms with Crippen molar-refractivity contribution >= 4 is 34.8 Å². The molecule has 1 aromatic carbocycles. The molecule has 140 valence electrons. The lowest BCUT2D eigenvalue weighted by Gasteiger charge is -2.33. The molecule has 2 saturated heterocycles. The van der Waals surface area contributed by atoms with Crippen molar-refractivity contribution < 1.29 is 4.79 Å². The molecule has 0 aliphatic carbocycles. The van der Waals surface area contributed by atoms with E-state index in [1.165, 1.54) is 22.1 Å². The lowest BCUT2D eigenvalue weighted by molar-refractivity contribution is -0.106. The van der Waals surface area contributed by atoms with Gasteiger partial charge < -0.3 is 20.3 Å². The number of aldehydes is 1. The summed E-state index contributed by atoms with van der Waals surface area (Å²) in [5.74, 6) is 1.16. The standard InChI is InChI=1S/C17H22N4S.C2H5NO/c1-19-10-12-21(13-11-19)22-16-5-2-4-15-14(16)6-7-18-17(15)20-8-3-9-20;3-1-2-4/h2,4-7H,3,8-13H2,1H3;2H,1,3H2. The summed E-state index contributed by atoms with van der Waals surface area (Å²) in [5.41, 5.74) is 4.66. The number of pyridine rings is 1. The number of likely N-dealkylation sites (N-methyl/N-ethyl adjacent to an activating group) is 1. The van der Waals surface area contributed by atoms with Gasteiger partial charge in [-0.15, -0.1) is 0 Å². The lowest BCUT2D eigenvalue weighted by Crippen LogP contribution is -2.41. The fraction of sp³-hybridized carbons (Fsp3) is 0.474. The van der Waals surface area contributed by atoms with Crippen LogP contribution in [0.5, 0.6) is 0 Å². The molecular formula is C19H27N5OS. The first kappa shape index (κ1) is 19.1. The van der Waals surface area contributed by atoms with Gasteiger partial charge in [-0.05, 0) is 37.5 Å². The van der Waals surface area contributed by atoms with Crippen molar-refractivity contribution in [2.45, 2.75) is 11.3 Å². The van der Waals surface area contributed by atoms with Gasteiger partial charge in [-0.3, -0.25) is 0 Å². The maximum Gasteiger partial charge on any atom is 0.136 e. The van der Waals surface area contributed by atoms with Crippen LogP contribution in [0.25, 0.3) is 10.8 Å². The van der Waals surface area contributed by atoms with E-state index in [0.29, 0.717) is 6.29 Å². The molecule has 2 aromatic rings. The summed E-state index contributed by atoms with van der Waals surface area (Å²) in [6, 6.07) is 8.79. The first-order chi connectivity index (χ1) is 12.7. The van der Waals surface area contributed by atoms with Gasteiger partial charge in [0.1, 0.15) is 12.1 Å². The Morgan fingerprint density at radius 2 is 1.85 bits per heavy atom. The monoisotopic (exact) mass is 373 g/mol. The Bertz CT molecular complexity index is 729. The van der Waals surface area contributed by atoms with Crippen molar-refractivity contribution in [2.75, 3.05) is 57.8 Å². The van der Waals surface area contributed by atoms with Crippen LogP contribution in [0.15, 0.2) is 35.4 Å². The zero-order valence-electron chi connectivity index (χ0n) is 15.3. The Labute approximate surface area is 159 Å².